The molecule has 104 valence electrons. The number of rotatable bonds is 5. The summed E-state index contributed by atoms with van der Waals surface area (Å²) in [7, 11) is 6.97. The maximum absolute atomic E-state index is 11.3. The molecule has 0 saturated carbocycles. The predicted octanol–water partition coefficient (Wildman–Crippen LogP) is 1.80. The van der Waals surface area contributed by atoms with E-state index in [1.807, 2.05) is 0 Å². The Balaban J connectivity index is 2.22. The highest BCUT2D eigenvalue weighted by Gasteiger charge is 2.07. The fraction of sp³-hybridized carbons (Fsp3) is 0.125. The third-order valence-electron chi connectivity index (χ3n) is 2.86. The summed E-state index contributed by atoms with van der Waals surface area (Å²) in [5.41, 5.74) is 1.62. The van der Waals surface area contributed by atoms with E-state index in [1.54, 1.807) is 42.5 Å². The molecule has 0 spiro atoms. The van der Waals surface area contributed by atoms with Crippen LogP contribution >= 0.6 is 0 Å². The Morgan fingerprint density at radius 1 is 1.24 bits per heavy atom. The summed E-state index contributed by atoms with van der Waals surface area (Å²) in [6.07, 6.45) is 0.847. The van der Waals surface area contributed by atoms with Crippen LogP contribution in [-0.2, 0) is 16.0 Å². The lowest BCUT2D eigenvalue weighted by molar-refractivity contribution is -0.139. The summed E-state index contributed by atoms with van der Waals surface area (Å²) in [5, 5.41) is 0. The zero-order valence-corrected chi connectivity index (χ0v) is 11.5. The molecule has 0 fully saturated rings. The van der Waals surface area contributed by atoms with Crippen molar-refractivity contribution in [2.45, 2.75) is 6.42 Å². The van der Waals surface area contributed by atoms with Gasteiger partial charge in [0, 0.05) is 0 Å². The molecule has 0 atom stereocenters. The summed E-state index contributed by atoms with van der Waals surface area (Å²) in [6.45, 7) is 0. The Morgan fingerprint density at radius 3 is 2.76 bits per heavy atom. The minimum absolute atomic E-state index is 0.163. The van der Waals surface area contributed by atoms with E-state index in [1.165, 1.54) is 7.11 Å². The van der Waals surface area contributed by atoms with Crippen LogP contribution in [-0.4, -0.2) is 27.2 Å². The van der Waals surface area contributed by atoms with Crippen molar-refractivity contribution >= 4 is 25.6 Å². The first kappa shape index (κ1) is 14.8. The molecular weight excluding hydrogens is 267 g/mol. The summed E-state index contributed by atoms with van der Waals surface area (Å²) < 4.78 is 10.3. The van der Waals surface area contributed by atoms with Gasteiger partial charge in [-0.05, 0) is 23.8 Å². The lowest BCUT2D eigenvalue weighted by Gasteiger charge is -2.10. The summed E-state index contributed by atoms with van der Waals surface area (Å²) in [4.78, 5) is 22.3. The Kier molecular flexibility index (Phi) is 4.77. The first-order valence-electron chi connectivity index (χ1n) is 6.30. The average Bonchev–Trinajstić information content (AvgIpc) is 2.49. The molecular formula is C16H13BO4. The number of esters is 1. The van der Waals surface area contributed by atoms with Crippen LogP contribution in [0.25, 0.3) is 0 Å². The molecule has 0 amide bonds. The first-order chi connectivity index (χ1) is 10.1. The minimum Gasteiger partial charge on any atom is -0.469 e. The molecule has 0 bridgehead atoms. The van der Waals surface area contributed by atoms with Crippen molar-refractivity contribution < 1.29 is 19.1 Å². The molecule has 2 aromatic rings. The molecule has 21 heavy (non-hydrogen) atoms. The van der Waals surface area contributed by atoms with E-state index in [9.17, 15) is 9.59 Å². The Labute approximate surface area is 124 Å². The molecule has 4 nitrogen and oxygen atoms in total. The average molecular weight is 280 g/mol. The van der Waals surface area contributed by atoms with Gasteiger partial charge in [-0.3, -0.25) is 9.59 Å². The van der Waals surface area contributed by atoms with Gasteiger partial charge in [-0.15, -0.1) is 0 Å². The molecule has 0 saturated heterocycles. The molecule has 0 aliphatic carbocycles. The van der Waals surface area contributed by atoms with Crippen molar-refractivity contribution in [3.05, 3.63) is 53.6 Å². The topological polar surface area (TPSA) is 52.6 Å². The number of methoxy groups -OCH3 is 1. The van der Waals surface area contributed by atoms with Crippen LogP contribution in [0.15, 0.2) is 42.5 Å². The van der Waals surface area contributed by atoms with E-state index in [0.717, 1.165) is 5.56 Å². The second kappa shape index (κ2) is 6.75. The number of hydrogen-bond donors (Lipinski definition) is 0. The van der Waals surface area contributed by atoms with Gasteiger partial charge in [0.05, 0.1) is 19.1 Å². The van der Waals surface area contributed by atoms with E-state index in [0.29, 0.717) is 28.8 Å². The summed E-state index contributed by atoms with van der Waals surface area (Å²) >= 11 is 0. The summed E-state index contributed by atoms with van der Waals surface area (Å²) in [6, 6.07) is 11.9. The van der Waals surface area contributed by atoms with Crippen molar-refractivity contribution in [2.75, 3.05) is 7.11 Å². The van der Waals surface area contributed by atoms with E-state index in [2.05, 4.69) is 4.74 Å². The summed E-state index contributed by atoms with van der Waals surface area (Å²) in [5.74, 6) is 0.618. The van der Waals surface area contributed by atoms with Gasteiger partial charge in [-0.1, -0.05) is 29.7 Å². The van der Waals surface area contributed by atoms with E-state index < -0.39 is 0 Å². The highest BCUT2D eigenvalue weighted by molar-refractivity contribution is 6.32. The van der Waals surface area contributed by atoms with Crippen LogP contribution in [0.2, 0.25) is 0 Å². The predicted molar refractivity (Wildman–Crippen MR) is 79.5 cm³/mol. The number of benzene rings is 2. The Bertz CT molecular complexity index is 667. The van der Waals surface area contributed by atoms with Gasteiger partial charge < -0.3 is 9.47 Å². The van der Waals surface area contributed by atoms with E-state index >= 15 is 0 Å². The van der Waals surface area contributed by atoms with Crippen molar-refractivity contribution in [3.63, 3.8) is 0 Å². The van der Waals surface area contributed by atoms with Crippen LogP contribution in [0, 0.1) is 0 Å². The SMILES string of the molecule is [B]c1ccc(Oc2cccc(CC(=O)OC)c2)c(C=O)c1. The van der Waals surface area contributed by atoms with Gasteiger partial charge in [0.1, 0.15) is 19.3 Å². The maximum Gasteiger partial charge on any atom is 0.309 e. The second-order valence-corrected chi connectivity index (χ2v) is 4.42. The highest BCUT2D eigenvalue weighted by atomic mass is 16.5. The lowest BCUT2D eigenvalue weighted by atomic mass is 9.94. The molecule has 2 aromatic carbocycles. The number of aldehydes is 1. The first-order valence-corrected chi connectivity index (χ1v) is 6.30. The Hall–Kier alpha value is -2.56. The third kappa shape index (κ3) is 3.95. The molecule has 0 aliphatic rings. The second-order valence-electron chi connectivity index (χ2n) is 4.42. The monoisotopic (exact) mass is 280 g/mol. The van der Waals surface area contributed by atoms with Gasteiger partial charge in [0.25, 0.3) is 0 Å². The Morgan fingerprint density at radius 2 is 2.05 bits per heavy atom. The fourth-order valence-corrected chi connectivity index (χ4v) is 1.84. The van der Waals surface area contributed by atoms with Gasteiger partial charge in [-0.2, -0.15) is 0 Å². The number of ether oxygens (including phenoxy) is 2. The molecule has 0 N–H and O–H groups in total. The van der Waals surface area contributed by atoms with Crippen LogP contribution < -0.4 is 10.2 Å². The molecule has 0 heterocycles. The zero-order valence-electron chi connectivity index (χ0n) is 11.5. The van der Waals surface area contributed by atoms with Gasteiger partial charge in [0.15, 0.2) is 6.29 Å². The molecule has 0 aliphatic heterocycles. The smallest absolute Gasteiger partial charge is 0.309 e. The van der Waals surface area contributed by atoms with Crippen molar-refractivity contribution in [2.24, 2.45) is 0 Å². The molecule has 5 heteroatoms. The quantitative estimate of drug-likeness (QED) is 0.476. The standard InChI is InChI=1S/C16H13BO4/c1-20-16(19)8-11-3-2-4-14(7-11)21-15-6-5-13(17)9-12(15)10-18/h2-7,9-10H,8H2,1H3. The number of hydrogen-bond acceptors (Lipinski definition) is 4. The van der Waals surface area contributed by atoms with Gasteiger partial charge >= 0.3 is 5.97 Å². The van der Waals surface area contributed by atoms with Crippen LogP contribution in [0.5, 0.6) is 11.5 Å². The maximum atomic E-state index is 11.3. The van der Waals surface area contributed by atoms with E-state index in [4.69, 9.17) is 12.6 Å². The van der Waals surface area contributed by atoms with Crippen molar-refractivity contribution in [1.82, 2.24) is 0 Å². The molecule has 2 radical (unpaired) electrons. The minimum atomic E-state index is -0.326. The van der Waals surface area contributed by atoms with E-state index in [-0.39, 0.29) is 12.4 Å². The van der Waals surface area contributed by atoms with Crippen molar-refractivity contribution in [3.8, 4) is 11.5 Å². The van der Waals surface area contributed by atoms with Crippen LogP contribution in [0.3, 0.4) is 0 Å². The number of carbonyl (C=O) groups excluding carboxylic acids is 2. The zero-order chi connectivity index (χ0) is 15.2. The highest BCUT2D eigenvalue weighted by Crippen LogP contribution is 2.24. The number of carbonyl (C=O) groups is 2. The van der Waals surface area contributed by atoms with Crippen LogP contribution in [0.1, 0.15) is 15.9 Å². The van der Waals surface area contributed by atoms with Crippen molar-refractivity contribution in [1.29, 1.82) is 0 Å². The fourth-order valence-electron chi connectivity index (χ4n) is 1.84. The van der Waals surface area contributed by atoms with Gasteiger partial charge in [0.2, 0.25) is 0 Å². The normalized spacial score (nSPS) is 9.95. The largest absolute Gasteiger partial charge is 0.469 e. The molecule has 0 aromatic heterocycles. The lowest BCUT2D eigenvalue weighted by Crippen LogP contribution is -2.05. The van der Waals surface area contributed by atoms with Gasteiger partial charge in [-0.25, -0.2) is 0 Å². The molecule has 2 rings (SSSR count). The molecule has 0 unspecified atom stereocenters. The third-order valence-corrected chi connectivity index (χ3v) is 2.86. The van der Waals surface area contributed by atoms with Crippen LogP contribution in [0.4, 0.5) is 0 Å².